The Morgan fingerprint density at radius 2 is 1.70 bits per heavy atom. The number of rotatable bonds is 6. The lowest BCUT2D eigenvalue weighted by Gasteiger charge is -2.19. The third-order valence-electron chi connectivity index (χ3n) is 4.38. The Labute approximate surface area is 135 Å². The van der Waals surface area contributed by atoms with Gasteiger partial charge in [-0.1, -0.05) is 0 Å². The highest BCUT2D eigenvalue weighted by Gasteiger charge is 2.27. The van der Waals surface area contributed by atoms with Crippen molar-refractivity contribution in [2.24, 2.45) is 11.8 Å². The van der Waals surface area contributed by atoms with E-state index >= 15 is 0 Å². The summed E-state index contributed by atoms with van der Waals surface area (Å²) in [4.78, 5) is 4.00. The molecule has 3 nitrogen and oxygen atoms in total. The Morgan fingerprint density at radius 3 is 2.43 bits per heavy atom. The van der Waals surface area contributed by atoms with E-state index in [1.165, 1.54) is 17.7 Å². The Hall–Kier alpha value is -1.85. The molecule has 1 fully saturated rings. The van der Waals surface area contributed by atoms with Crippen LogP contribution in [-0.4, -0.2) is 24.6 Å². The molecule has 2 heterocycles. The number of aromatic nitrogens is 1. The van der Waals surface area contributed by atoms with Gasteiger partial charge in [0.25, 0.3) is 0 Å². The Bertz CT molecular complexity index is 613. The van der Waals surface area contributed by atoms with Gasteiger partial charge < -0.3 is 10.6 Å². The molecular formula is C18H21F2N3. The number of nitrogens with zero attached hydrogens (tertiary/aromatic N) is 1. The molecule has 1 saturated heterocycles. The van der Waals surface area contributed by atoms with Gasteiger partial charge in [0, 0.05) is 25.0 Å². The van der Waals surface area contributed by atoms with Crippen LogP contribution in [0.1, 0.15) is 11.1 Å². The van der Waals surface area contributed by atoms with E-state index in [0.717, 1.165) is 37.8 Å². The number of pyridine rings is 1. The summed E-state index contributed by atoms with van der Waals surface area (Å²) in [5.41, 5.74) is 1.94. The van der Waals surface area contributed by atoms with Gasteiger partial charge in [-0.2, -0.15) is 0 Å². The monoisotopic (exact) mass is 317 g/mol. The molecule has 5 heteroatoms. The molecule has 0 saturated carbocycles. The van der Waals surface area contributed by atoms with Crippen LogP contribution in [0.5, 0.6) is 0 Å². The molecule has 0 radical (unpaired) electrons. The van der Waals surface area contributed by atoms with Crippen LogP contribution in [0.25, 0.3) is 0 Å². The fourth-order valence-electron chi connectivity index (χ4n) is 3.20. The number of nitrogens with one attached hydrogen (secondary N) is 2. The van der Waals surface area contributed by atoms with Gasteiger partial charge in [0.1, 0.15) is 11.6 Å². The lowest BCUT2D eigenvalue weighted by Crippen LogP contribution is -2.28. The Balaban J connectivity index is 1.53. The van der Waals surface area contributed by atoms with Crippen LogP contribution >= 0.6 is 0 Å². The molecule has 1 aromatic carbocycles. The summed E-state index contributed by atoms with van der Waals surface area (Å²) in [7, 11) is 0. The van der Waals surface area contributed by atoms with Gasteiger partial charge in [-0.3, -0.25) is 4.98 Å². The number of benzene rings is 1. The van der Waals surface area contributed by atoms with Gasteiger partial charge >= 0.3 is 0 Å². The quantitative estimate of drug-likeness (QED) is 0.860. The molecule has 1 aliphatic heterocycles. The van der Waals surface area contributed by atoms with Crippen molar-refractivity contribution in [1.29, 1.82) is 0 Å². The molecule has 0 bridgehead atoms. The third kappa shape index (κ3) is 4.56. The average molecular weight is 317 g/mol. The molecule has 122 valence electrons. The zero-order chi connectivity index (χ0) is 16.1. The van der Waals surface area contributed by atoms with Crippen LogP contribution in [0.2, 0.25) is 0 Å². The summed E-state index contributed by atoms with van der Waals surface area (Å²) in [6, 6.07) is 7.77. The fourth-order valence-corrected chi connectivity index (χ4v) is 3.20. The first-order valence-corrected chi connectivity index (χ1v) is 7.96. The molecule has 2 N–H and O–H groups in total. The Kier molecular flexibility index (Phi) is 5.31. The minimum absolute atomic E-state index is 0.390. The molecule has 0 amide bonds. The van der Waals surface area contributed by atoms with E-state index in [-0.39, 0.29) is 0 Å². The van der Waals surface area contributed by atoms with Gasteiger partial charge in [0.15, 0.2) is 0 Å². The van der Waals surface area contributed by atoms with Crippen LogP contribution in [0.3, 0.4) is 0 Å². The van der Waals surface area contributed by atoms with Crippen molar-refractivity contribution in [2.75, 3.05) is 19.6 Å². The van der Waals surface area contributed by atoms with E-state index in [1.54, 1.807) is 12.4 Å². The summed E-state index contributed by atoms with van der Waals surface area (Å²) in [5, 5.41) is 6.85. The number of hydrogen-bond acceptors (Lipinski definition) is 3. The number of hydrogen-bond donors (Lipinski definition) is 2. The van der Waals surface area contributed by atoms with Crippen molar-refractivity contribution in [1.82, 2.24) is 15.6 Å². The van der Waals surface area contributed by atoms with Crippen molar-refractivity contribution < 1.29 is 8.78 Å². The zero-order valence-corrected chi connectivity index (χ0v) is 12.9. The second-order valence-electron chi connectivity index (χ2n) is 6.15. The topological polar surface area (TPSA) is 37.0 Å². The largest absolute Gasteiger partial charge is 0.316 e. The smallest absolute Gasteiger partial charge is 0.126 e. The van der Waals surface area contributed by atoms with E-state index in [0.29, 0.717) is 18.3 Å². The highest BCUT2D eigenvalue weighted by molar-refractivity contribution is 5.19. The molecule has 0 aliphatic carbocycles. The predicted molar refractivity (Wildman–Crippen MR) is 85.9 cm³/mol. The molecule has 2 aromatic rings. The van der Waals surface area contributed by atoms with E-state index in [4.69, 9.17) is 0 Å². The zero-order valence-electron chi connectivity index (χ0n) is 12.9. The predicted octanol–water partition coefficient (Wildman–Crippen LogP) is 2.53. The molecule has 2 unspecified atom stereocenters. The first-order valence-electron chi connectivity index (χ1n) is 7.96. The van der Waals surface area contributed by atoms with Crippen molar-refractivity contribution in [3.05, 3.63) is 65.5 Å². The van der Waals surface area contributed by atoms with Gasteiger partial charge in [-0.25, -0.2) is 8.78 Å². The summed E-state index contributed by atoms with van der Waals surface area (Å²) >= 11 is 0. The van der Waals surface area contributed by atoms with Crippen molar-refractivity contribution in [3.8, 4) is 0 Å². The minimum atomic E-state index is -0.502. The van der Waals surface area contributed by atoms with E-state index < -0.39 is 11.6 Å². The second kappa shape index (κ2) is 7.62. The van der Waals surface area contributed by atoms with Crippen LogP contribution < -0.4 is 10.6 Å². The van der Waals surface area contributed by atoms with Crippen molar-refractivity contribution in [3.63, 3.8) is 0 Å². The van der Waals surface area contributed by atoms with Gasteiger partial charge in [0.2, 0.25) is 0 Å². The van der Waals surface area contributed by atoms with Crippen LogP contribution in [0.4, 0.5) is 8.78 Å². The van der Waals surface area contributed by atoms with Gasteiger partial charge in [0.05, 0.1) is 0 Å². The van der Waals surface area contributed by atoms with Gasteiger partial charge in [-0.05, 0) is 73.3 Å². The molecule has 0 spiro atoms. The summed E-state index contributed by atoms with van der Waals surface area (Å²) in [5.74, 6) is -0.152. The maximum atomic E-state index is 13.3. The summed E-state index contributed by atoms with van der Waals surface area (Å²) < 4.78 is 26.6. The molecule has 3 rings (SSSR count). The molecular weight excluding hydrogens is 296 g/mol. The highest BCUT2D eigenvalue weighted by atomic mass is 19.1. The number of halogens is 2. The van der Waals surface area contributed by atoms with E-state index in [2.05, 4.69) is 15.6 Å². The van der Waals surface area contributed by atoms with Crippen LogP contribution in [0.15, 0.2) is 42.7 Å². The SMILES string of the molecule is Fc1cc(F)cc(CC2CNCC2CNCc2ccncc2)c1. The molecule has 2 atom stereocenters. The van der Waals surface area contributed by atoms with E-state index in [1.807, 2.05) is 12.1 Å². The Morgan fingerprint density at radius 1 is 1.00 bits per heavy atom. The first-order chi connectivity index (χ1) is 11.2. The summed E-state index contributed by atoms with van der Waals surface area (Å²) in [6.07, 6.45) is 4.27. The second-order valence-corrected chi connectivity index (χ2v) is 6.15. The fraction of sp³-hybridized carbons (Fsp3) is 0.389. The van der Waals surface area contributed by atoms with Crippen LogP contribution in [-0.2, 0) is 13.0 Å². The molecule has 23 heavy (non-hydrogen) atoms. The van der Waals surface area contributed by atoms with Crippen LogP contribution in [0, 0.1) is 23.5 Å². The molecule has 1 aliphatic rings. The van der Waals surface area contributed by atoms with Crippen molar-refractivity contribution >= 4 is 0 Å². The van der Waals surface area contributed by atoms with Gasteiger partial charge in [-0.15, -0.1) is 0 Å². The first kappa shape index (κ1) is 16.0. The lowest BCUT2D eigenvalue weighted by atomic mass is 9.89. The summed E-state index contributed by atoms with van der Waals surface area (Å²) in [6.45, 7) is 3.52. The minimum Gasteiger partial charge on any atom is -0.316 e. The third-order valence-corrected chi connectivity index (χ3v) is 4.38. The normalized spacial score (nSPS) is 20.8. The van der Waals surface area contributed by atoms with E-state index in [9.17, 15) is 8.78 Å². The average Bonchev–Trinajstić information content (AvgIpc) is 2.94. The maximum absolute atomic E-state index is 13.3. The lowest BCUT2D eigenvalue weighted by molar-refractivity contribution is 0.391. The molecule has 1 aromatic heterocycles. The highest BCUT2D eigenvalue weighted by Crippen LogP contribution is 2.22. The standard InChI is InChI=1S/C18H21F2N3/c19-17-6-14(7-18(20)8-17)5-15-10-23-12-16(15)11-22-9-13-1-3-21-4-2-13/h1-4,6-8,15-16,22-23H,5,9-12H2. The van der Waals surface area contributed by atoms with Crippen molar-refractivity contribution in [2.45, 2.75) is 13.0 Å². The maximum Gasteiger partial charge on any atom is 0.126 e.